The number of hydrogen-bond donors (Lipinski definition) is 1. The van der Waals surface area contributed by atoms with Gasteiger partial charge < -0.3 is 10.5 Å². The summed E-state index contributed by atoms with van der Waals surface area (Å²) in [6.45, 7) is 10.8. The molecule has 0 aromatic heterocycles. The van der Waals surface area contributed by atoms with E-state index in [4.69, 9.17) is 10.5 Å². The Morgan fingerprint density at radius 3 is 2.84 bits per heavy atom. The second kappa shape index (κ2) is 6.33. The average Bonchev–Trinajstić information content (AvgIpc) is 2.39. The molecule has 0 aromatic carbocycles. The van der Waals surface area contributed by atoms with E-state index in [2.05, 4.69) is 37.4 Å². The fraction of sp³-hybridized carbons (Fsp3) is 1.00. The minimum Gasteiger partial charge on any atom is -0.377 e. The van der Waals surface area contributed by atoms with Crippen LogP contribution < -0.4 is 5.73 Å². The van der Waals surface area contributed by atoms with Gasteiger partial charge in [-0.2, -0.15) is 11.8 Å². The number of nitrogens with zero attached hydrogens (tertiary/aromatic N) is 1. The summed E-state index contributed by atoms with van der Waals surface area (Å²) in [5.41, 5.74) is 6.73. The molecule has 2 saturated heterocycles. The van der Waals surface area contributed by atoms with Crippen LogP contribution in [0, 0.1) is 5.41 Å². The number of nitrogens with two attached hydrogens (primary N) is 1. The molecule has 0 bridgehead atoms. The Morgan fingerprint density at radius 2 is 2.21 bits per heavy atom. The van der Waals surface area contributed by atoms with Crippen molar-refractivity contribution in [2.45, 2.75) is 51.7 Å². The van der Waals surface area contributed by atoms with Crippen LogP contribution in [0.25, 0.3) is 0 Å². The summed E-state index contributed by atoms with van der Waals surface area (Å²) in [7, 11) is 0. The largest absolute Gasteiger partial charge is 0.377 e. The minimum atomic E-state index is 0.158. The lowest BCUT2D eigenvalue weighted by atomic mass is 9.69. The first-order valence-corrected chi connectivity index (χ1v) is 8.86. The maximum absolute atomic E-state index is 6.27. The molecule has 2 N–H and O–H groups in total. The van der Waals surface area contributed by atoms with Gasteiger partial charge in [-0.05, 0) is 43.9 Å². The van der Waals surface area contributed by atoms with Crippen LogP contribution in [0.4, 0.5) is 0 Å². The summed E-state index contributed by atoms with van der Waals surface area (Å²) in [5, 5.41) is 0. The molecular weight excluding hydrogens is 256 g/mol. The van der Waals surface area contributed by atoms with Gasteiger partial charge in [-0.25, -0.2) is 0 Å². The molecule has 3 nitrogen and oxygen atoms in total. The van der Waals surface area contributed by atoms with Crippen LogP contribution in [-0.4, -0.2) is 54.3 Å². The van der Waals surface area contributed by atoms with E-state index in [1.807, 2.05) is 0 Å². The van der Waals surface area contributed by atoms with Gasteiger partial charge in [0.25, 0.3) is 0 Å². The third-order valence-corrected chi connectivity index (χ3v) is 6.37. The lowest BCUT2D eigenvalue weighted by molar-refractivity contribution is -0.0657. The molecule has 2 rings (SSSR count). The third kappa shape index (κ3) is 2.97. The first-order chi connectivity index (χ1) is 9.05. The quantitative estimate of drug-likeness (QED) is 0.861. The molecule has 0 amide bonds. The summed E-state index contributed by atoms with van der Waals surface area (Å²) in [6, 6.07) is 0. The van der Waals surface area contributed by atoms with Crippen LogP contribution in [0.2, 0.25) is 0 Å². The first-order valence-electron chi connectivity index (χ1n) is 7.70. The Bertz CT molecular complexity index is 296. The van der Waals surface area contributed by atoms with Gasteiger partial charge in [0.05, 0.1) is 6.10 Å². The highest BCUT2D eigenvalue weighted by atomic mass is 32.2. The predicted molar refractivity (Wildman–Crippen MR) is 83.7 cm³/mol. The van der Waals surface area contributed by atoms with Crippen molar-refractivity contribution in [1.82, 2.24) is 4.90 Å². The summed E-state index contributed by atoms with van der Waals surface area (Å²) in [6.07, 6.45) is 4.13. The number of likely N-dealkylation sites (tertiary alicyclic amines) is 1. The fourth-order valence-electron chi connectivity index (χ4n) is 3.68. The monoisotopic (exact) mass is 286 g/mol. The number of hydrogen-bond acceptors (Lipinski definition) is 4. The van der Waals surface area contributed by atoms with Crippen LogP contribution >= 0.6 is 11.8 Å². The molecule has 2 unspecified atom stereocenters. The molecular formula is C15H30N2OS. The van der Waals surface area contributed by atoms with Crippen molar-refractivity contribution in [3.05, 3.63) is 0 Å². The van der Waals surface area contributed by atoms with Crippen LogP contribution in [-0.2, 0) is 4.74 Å². The van der Waals surface area contributed by atoms with E-state index < -0.39 is 0 Å². The normalized spacial score (nSPS) is 36.3. The van der Waals surface area contributed by atoms with Crippen LogP contribution in [0.15, 0.2) is 0 Å². The van der Waals surface area contributed by atoms with Crippen LogP contribution in [0.1, 0.15) is 40.0 Å². The Hall–Kier alpha value is 0.230. The summed E-state index contributed by atoms with van der Waals surface area (Å²) in [5.74, 6) is 2.45. The maximum atomic E-state index is 6.27. The van der Waals surface area contributed by atoms with Crippen molar-refractivity contribution in [2.24, 2.45) is 11.1 Å². The topological polar surface area (TPSA) is 38.5 Å². The average molecular weight is 286 g/mol. The van der Waals surface area contributed by atoms with E-state index in [0.29, 0.717) is 11.5 Å². The fourth-order valence-corrected chi connectivity index (χ4v) is 5.51. The van der Waals surface area contributed by atoms with E-state index in [1.54, 1.807) is 0 Å². The van der Waals surface area contributed by atoms with Gasteiger partial charge in [-0.1, -0.05) is 13.8 Å². The van der Waals surface area contributed by atoms with Crippen molar-refractivity contribution in [3.63, 3.8) is 0 Å². The molecule has 19 heavy (non-hydrogen) atoms. The zero-order chi connectivity index (χ0) is 13.9. The molecule has 0 aliphatic carbocycles. The molecule has 112 valence electrons. The van der Waals surface area contributed by atoms with Crippen molar-refractivity contribution < 1.29 is 4.74 Å². The van der Waals surface area contributed by atoms with Crippen molar-refractivity contribution >= 4 is 11.8 Å². The van der Waals surface area contributed by atoms with Gasteiger partial charge >= 0.3 is 0 Å². The van der Waals surface area contributed by atoms with E-state index in [9.17, 15) is 0 Å². The zero-order valence-electron chi connectivity index (χ0n) is 12.8. The maximum Gasteiger partial charge on any atom is 0.0702 e. The SMILES string of the molecule is CCOC1CCCN(C2(CN)CSCCC2(C)C)C1. The number of ether oxygens (including phenoxy) is 1. The highest BCUT2D eigenvalue weighted by molar-refractivity contribution is 7.99. The number of thioether (sulfide) groups is 1. The second-order valence-electron chi connectivity index (χ2n) is 6.59. The lowest BCUT2D eigenvalue weighted by Crippen LogP contribution is -2.68. The van der Waals surface area contributed by atoms with Gasteiger partial charge in [-0.3, -0.25) is 4.90 Å². The Labute approximate surface area is 122 Å². The van der Waals surface area contributed by atoms with Crippen LogP contribution in [0.3, 0.4) is 0 Å². The molecule has 2 atom stereocenters. The molecule has 2 fully saturated rings. The van der Waals surface area contributed by atoms with E-state index in [0.717, 1.165) is 19.7 Å². The Kier molecular flexibility index (Phi) is 5.21. The summed E-state index contributed by atoms with van der Waals surface area (Å²) >= 11 is 2.07. The number of rotatable bonds is 4. The highest BCUT2D eigenvalue weighted by Crippen LogP contribution is 2.46. The summed E-state index contributed by atoms with van der Waals surface area (Å²) < 4.78 is 5.87. The van der Waals surface area contributed by atoms with Gasteiger partial charge in [-0.15, -0.1) is 0 Å². The van der Waals surface area contributed by atoms with Crippen molar-refractivity contribution in [2.75, 3.05) is 37.7 Å². The Morgan fingerprint density at radius 1 is 1.42 bits per heavy atom. The molecule has 4 heteroatoms. The minimum absolute atomic E-state index is 0.158. The smallest absolute Gasteiger partial charge is 0.0702 e. The molecule has 2 aliphatic heterocycles. The second-order valence-corrected chi connectivity index (χ2v) is 7.69. The number of piperidine rings is 1. The van der Waals surface area contributed by atoms with Gasteiger partial charge in [0.1, 0.15) is 0 Å². The highest BCUT2D eigenvalue weighted by Gasteiger charge is 2.50. The van der Waals surface area contributed by atoms with E-state index in [-0.39, 0.29) is 5.54 Å². The standard InChI is InChI=1S/C15H30N2OS/c1-4-18-13-6-5-8-17(10-13)15(11-16)12-19-9-7-14(15,2)3/h13H,4-12,16H2,1-3H3. The first kappa shape index (κ1) is 15.6. The van der Waals surface area contributed by atoms with E-state index >= 15 is 0 Å². The Balaban J connectivity index is 2.15. The molecule has 0 spiro atoms. The van der Waals surface area contributed by atoms with Gasteiger partial charge in [0.15, 0.2) is 0 Å². The molecule has 2 aliphatic rings. The van der Waals surface area contributed by atoms with Crippen molar-refractivity contribution in [3.8, 4) is 0 Å². The third-order valence-electron chi connectivity index (χ3n) is 5.20. The lowest BCUT2D eigenvalue weighted by Gasteiger charge is -2.57. The zero-order valence-corrected chi connectivity index (χ0v) is 13.6. The molecule has 0 aromatic rings. The molecule has 0 saturated carbocycles. The molecule has 0 radical (unpaired) electrons. The predicted octanol–water partition coefficient (Wildman–Crippen LogP) is 2.35. The van der Waals surface area contributed by atoms with Crippen LogP contribution in [0.5, 0.6) is 0 Å². The molecule has 2 heterocycles. The van der Waals surface area contributed by atoms with E-state index in [1.165, 1.54) is 37.3 Å². The van der Waals surface area contributed by atoms with Gasteiger partial charge in [0, 0.05) is 31.0 Å². The van der Waals surface area contributed by atoms with Gasteiger partial charge in [0.2, 0.25) is 0 Å². The van der Waals surface area contributed by atoms with Crippen molar-refractivity contribution in [1.29, 1.82) is 0 Å². The summed E-state index contributed by atoms with van der Waals surface area (Å²) in [4.78, 5) is 2.66.